The van der Waals surface area contributed by atoms with Crippen LogP contribution >= 0.6 is 11.6 Å². The molecule has 0 aromatic heterocycles. The van der Waals surface area contributed by atoms with Crippen molar-refractivity contribution in [3.05, 3.63) is 34.9 Å². The van der Waals surface area contributed by atoms with Gasteiger partial charge in [0.1, 0.15) is 0 Å². The quantitative estimate of drug-likeness (QED) is 0.600. The molecule has 4 nitrogen and oxygen atoms in total. The third kappa shape index (κ3) is 6.57. The van der Waals surface area contributed by atoms with Crippen molar-refractivity contribution in [2.45, 2.75) is 39.2 Å². The number of amides is 2. The molecule has 0 bridgehead atoms. The van der Waals surface area contributed by atoms with Gasteiger partial charge in [-0.1, -0.05) is 49.9 Å². The number of halogens is 1. The Hall–Kier alpha value is -1.55. The molecule has 1 aromatic carbocycles. The van der Waals surface area contributed by atoms with E-state index in [0.29, 0.717) is 18.1 Å². The molecule has 0 unspecified atom stereocenters. The molecule has 0 heterocycles. The Morgan fingerprint density at radius 1 is 1.00 bits per heavy atom. The van der Waals surface area contributed by atoms with E-state index in [9.17, 15) is 9.59 Å². The van der Waals surface area contributed by atoms with Crippen LogP contribution in [0.15, 0.2) is 24.3 Å². The monoisotopic (exact) mass is 296 g/mol. The van der Waals surface area contributed by atoms with E-state index >= 15 is 0 Å². The van der Waals surface area contributed by atoms with E-state index < -0.39 is 11.8 Å². The minimum absolute atomic E-state index is 0.319. The summed E-state index contributed by atoms with van der Waals surface area (Å²) >= 11 is 5.77. The van der Waals surface area contributed by atoms with Gasteiger partial charge in [-0.15, -0.1) is 0 Å². The van der Waals surface area contributed by atoms with Crippen molar-refractivity contribution in [2.24, 2.45) is 0 Å². The summed E-state index contributed by atoms with van der Waals surface area (Å²) in [6.07, 6.45) is 4.28. The molecule has 0 radical (unpaired) electrons. The maximum atomic E-state index is 11.6. The van der Waals surface area contributed by atoms with Gasteiger partial charge >= 0.3 is 11.8 Å². The van der Waals surface area contributed by atoms with Gasteiger partial charge in [0.15, 0.2) is 0 Å². The summed E-state index contributed by atoms with van der Waals surface area (Å²) in [5.41, 5.74) is 0.901. The molecule has 20 heavy (non-hydrogen) atoms. The maximum absolute atomic E-state index is 11.6. The highest BCUT2D eigenvalue weighted by Crippen LogP contribution is 2.08. The van der Waals surface area contributed by atoms with Crippen LogP contribution in [0.1, 0.15) is 38.2 Å². The summed E-state index contributed by atoms with van der Waals surface area (Å²) in [6, 6.07) is 7.12. The molecule has 5 heteroatoms. The number of benzene rings is 1. The summed E-state index contributed by atoms with van der Waals surface area (Å²) in [4.78, 5) is 23.1. The Labute approximate surface area is 124 Å². The Morgan fingerprint density at radius 3 is 2.30 bits per heavy atom. The number of hydrogen-bond donors (Lipinski definition) is 2. The van der Waals surface area contributed by atoms with Crippen LogP contribution in [-0.2, 0) is 16.1 Å². The van der Waals surface area contributed by atoms with E-state index in [2.05, 4.69) is 17.6 Å². The number of nitrogens with one attached hydrogen (secondary N) is 2. The van der Waals surface area contributed by atoms with Crippen LogP contribution in [0.4, 0.5) is 0 Å². The lowest BCUT2D eigenvalue weighted by Gasteiger charge is -2.06. The largest absolute Gasteiger partial charge is 0.348 e. The lowest BCUT2D eigenvalue weighted by Crippen LogP contribution is -2.39. The third-order valence-electron chi connectivity index (χ3n) is 2.89. The fourth-order valence-electron chi connectivity index (χ4n) is 1.70. The zero-order valence-corrected chi connectivity index (χ0v) is 12.5. The first-order valence-corrected chi connectivity index (χ1v) is 7.31. The topological polar surface area (TPSA) is 58.2 Å². The predicted molar refractivity (Wildman–Crippen MR) is 80.5 cm³/mol. The molecule has 2 N–H and O–H groups in total. The zero-order chi connectivity index (χ0) is 14.8. The van der Waals surface area contributed by atoms with E-state index in [4.69, 9.17) is 11.6 Å². The van der Waals surface area contributed by atoms with Crippen molar-refractivity contribution in [2.75, 3.05) is 6.54 Å². The summed E-state index contributed by atoms with van der Waals surface area (Å²) in [6.45, 7) is 3.00. The van der Waals surface area contributed by atoms with Crippen molar-refractivity contribution >= 4 is 23.4 Å². The normalized spacial score (nSPS) is 10.1. The maximum Gasteiger partial charge on any atom is 0.309 e. The van der Waals surface area contributed by atoms with Crippen LogP contribution in [-0.4, -0.2) is 18.4 Å². The summed E-state index contributed by atoms with van der Waals surface area (Å²) in [5.74, 6) is -1.18. The molecule has 0 saturated heterocycles. The fraction of sp³-hybridized carbons (Fsp3) is 0.467. The Bertz CT molecular complexity index is 432. The summed E-state index contributed by atoms with van der Waals surface area (Å²) in [7, 11) is 0. The van der Waals surface area contributed by atoms with Crippen LogP contribution < -0.4 is 10.6 Å². The van der Waals surface area contributed by atoms with Gasteiger partial charge in [0.05, 0.1) is 0 Å². The van der Waals surface area contributed by atoms with Crippen LogP contribution in [0, 0.1) is 0 Å². The van der Waals surface area contributed by atoms with Gasteiger partial charge in [0, 0.05) is 18.1 Å². The van der Waals surface area contributed by atoms with Crippen molar-refractivity contribution < 1.29 is 9.59 Å². The van der Waals surface area contributed by atoms with Crippen LogP contribution in [0.25, 0.3) is 0 Å². The third-order valence-corrected chi connectivity index (χ3v) is 3.14. The van der Waals surface area contributed by atoms with Gasteiger partial charge in [-0.2, -0.15) is 0 Å². The zero-order valence-electron chi connectivity index (χ0n) is 11.7. The molecule has 0 saturated carbocycles. The Kier molecular flexibility index (Phi) is 7.73. The first kappa shape index (κ1) is 16.5. The van der Waals surface area contributed by atoms with Gasteiger partial charge in [0.2, 0.25) is 0 Å². The Balaban J connectivity index is 2.21. The van der Waals surface area contributed by atoms with Crippen molar-refractivity contribution in [1.82, 2.24) is 10.6 Å². The second-order valence-electron chi connectivity index (χ2n) is 4.63. The van der Waals surface area contributed by atoms with E-state index in [1.165, 1.54) is 0 Å². The second kappa shape index (κ2) is 9.37. The molecule has 1 aromatic rings. The molecule has 0 aliphatic rings. The predicted octanol–water partition coefficient (Wildman–Crippen LogP) is 2.65. The smallest absolute Gasteiger partial charge is 0.309 e. The molecule has 0 fully saturated rings. The number of carbonyl (C=O) groups excluding carboxylic acids is 2. The molecule has 0 aliphatic heterocycles. The standard InChI is InChI=1S/C15H21ClN2O2/c1-2-3-4-5-10-17-14(19)15(20)18-11-12-6-8-13(16)9-7-12/h6-9H,2-5,10-11H2,1H3,(H,17,19)(H,18,20). The SMILES string of the molecule is CCCCCCNC(=O)C(=O)NCc1ccc(Cl)cc1. The lowest BCUT2D eigenvalue weighted by molar-refractivity contribution is -0.139. The minimum atomic E-state index is -0.601. The lowest BCUT2D eigenvalue weighted by atomic mass is 10.2. The molecular formula is C15H21ClN2O2. The van der Waals surface area contributed by atoms with Crippen molar-refractivity contribution in [3.63, 3.8) is 0 Å². The highest BCUT2D eigenvalue weighted by molar-refractivity contribution is 6.35. The van der Waals surface area contributed by atoms with Gasteiger partial charge in [-0.3, -0.25) is 9.59 Å². The molecule has 2 amide bonds. The van der Waals surface area contributed by atoms with E-state index in [0.717, 1.165) is 31.2 Å². The van der Waals surface area contributed by atoms with E-state index in [1.54, 1.807) is 12.1 Å². The summed E-state index contributed by atoms with van der Waals surface area (Å²) < 4.78 is 0. The molecule has 1 rings (SSSR count). The fourth-order valence-corrected chi connectivity index (χ4v) is 1.82. The van der Waals surface area contributed by atoms with Gasteiger partial charge in [-0.05, 0) is 24.1 Å². The molecule has 0 aliphatic carbocycles. The highest BCUT2D eigenvalue weighted by atomic mass is 35.5. The average molecular weight is 297 g/mol. The van der Waals surface area contributed by atoms with Crippen molar-refractivity contribution in [1.29, 1.82) is 0 Å². The Morgan fingerprint density at radius 2 is 1.65 bits per heavy atom. The van der Waals surface area contributed by atoms with Crippen molar-refractivity contribution in [3.8, 4) is 0 Å². The van der Waals surface area contributed by atoms with Gasteiger partial charge in [0.25, 0.3) is 0 Å². The minimum Gasteiger partial charge on any atom is -0.348 e. The number of rotatable bonds is 7. The van der Waals surface area contributed by atoms with E-state index in [1.807, 2.05) is 12.1 Å². The molecule has 0 atom stereocenters. The molecule has 110 valence electrons. The van der Waals surface area contributed by atoms with Gasteiger partial charge in [-0.25, -0.2) is 0 Å². The van der Waals surface area contributed by atoms with Crippen LogP contribution in [0.3, 0.4) is 0 Å². The van der Waals surface area contributed by atoms with Crippen LogP contribution in [0.2, 0.25) is 5.02 Å². The molecular weight excluding hydrogens is 276 g/mol. The first-order valence-electron chi connectivity index (χ1n) is 6.94. The highest BCUT2D eigenvalue weighted by Gasteiger charge is 2.11. The number of hydrogen-bond acceptors (Lipinski definition) is 2. The molecule has 0 spiro atoms. The van der Waals surface area contributed by atoms with E-state index in [-0.39, 0.29) is 0 Å². The first-order chi connectivity index (χ1) is 9.63. The second-order valence-corrected chi connectivity index (χ2v) is 5.06. The number of carbonyl (C=O) groups is 2. The van der Waals surface area contributed by atoms with Crippen LogP contribution in [0.5, 0.6) is 0 Å². The van der Waals surface area contributed by atoms with Gasteiger partial charge < -0.3 is 10.6 Å². The number of unbranched alkanes of at least 4 members (excludes halogenated alkanes) is 3. The average Bonchev–Trinajstić information content (AvgIpc) is 2.46. The summed E-state index contributed by atoms with van der Waals surface area (Å²) in [5, 5.41) is 5.83.